The number of likely N-dealkylation sites (tertiary alicyclic amines) is 1. The fourth-order valence-corrected chi connectivity index (χ4v) is 1.91. The molecule has 1 aliphatic rings. The Morgan fingerprint density at radius 2 is 2.06 bits per heavy atom. The van der Waals surface area contributed by atoms with Crippen molar-refractivity contribution < 1.29 is 9.94 Å². The van der Waals surface area contributed by atoms with E-state index in [0.29, 0.717) is 12.0 Å². The van der Waals surface area contributed by atoms with Crippen molar-refractivity contribution in [3.8, 4) is 0 Å². The Morgan fingerprint density at radius 1 is 1.47 bits per heavy atom. The Morgan fingerprint density at radius 3 is 2.59 bits per heavy atom. The van der Waals surface area contributed by atoms with Gasteiger partial charge in [0.15, 0.2) is 5.84 Å². The summed E-state index contributed by atoms with van der Waals surface area (Å²) in [7, 11) is 0. The van der Waals surface area contributed by atoms with Crippen LogP contribution in [-0.2, 0) is 4.74 Å². The summed E-state index contributed by atoms with van der Waals surface area (Å²) < 4.78 is 5.49. The van der Waals surface area contributed by atoms with E-state index in [-0.39, 0.29) is 11.9 Å². The number of piperidine rings is 1. The molecule has 0 radical (unpaired) electrons. The first kappa shape index (κ1) is 14.3. The monoisotopic (exact) mass is 243 g/mol. The highest BCUT2D eigenvalue weighted by Gasteiger charge is 2.24. The smallest absolute Gasteiger partial charge is 0.168 e. The normalized spacial score (nSPS) is 23.6. The van der Waals surface area contributed by atoms with Crippen molar-refractivity contribution in [2.75, 3.05) is 26.2 Å². The van der Waals surface area contributed by atoms with Gasteiger partial charge in [0.1, 0.15) is 6.10 Å². The van der Waals surface area contributed by atoms with Crippen LogP contribution in [0.15, 0.2) is 5.16 Å². The molecule has 17 heavy (non-hydrogen) atoms. The predicted octanol–water partition coefficient (Wildman–Crippen LogP) is 1.26. The highest BCUT2D eigenvalue weighted by atomic mass is 16.5. The molecule has 0 saturated carbocycles. The molecule has 1 saturated heterocycles. The average molecular weight is 243 g/mol. The number of hydrogen-bond acceptors (Lipinski definition) is 4. The fraction of sp³-hybridized carbons (Fsp3) is 0.917. The van der Waals surface area contributed by atoms with Crippen LogP contribution in [0.1, 0.15) is 33.6 Å². The molecule has 0 amide bonds. The largest absolute Gasteiger partial charge is 0.409 e. The topological polar surface area (TPSA) is 71.1 Å². The van der Waals surface area contributed by atoms with E-state index >= 15 is 0 Å². The Balaban J connectivity index is 2.16. The van der Waals surface area contributed by atoms with E-state index < -0.39 is 0 Å². The van der Waals surface area contributed by atoms with Crippen molar-refractivity contribution in [3.63, 3.8) is 0 Å². The van der Waals surface area contributed by atoms with E-state index in [9.17, 15) is 0 Å². The van der Waals surface area contributed by atoms with Crippen LogP contribution in [0.25, 0.3) is 0 Å². The maximum atomic E-state index is 8.48. The number of oxime groups is 1. The van der Waals surface area contributed by atoms with E-state index in [1.807, 2.05) is 0 Å². The van der Waals surface area contributed by atoms with Gasteiger partial charge in [-0.3, -0.25) is 0 Å². The highest BCUT2D eigenvalue weighted by molar-refractivity contribution is 5.83. The van der Waals surface area contributed by atoms with E-state index in [0.717, 1.165) is 19.6 Å². The van der Waals surface area contributed by atoms with Crippen molar-refractivity contribution in [3.05, 3.63) is 0 Å². The maximum Gasteiger partial charge on any atom is 0.168 e. The quantitative estimate of drug-likeness (QED) is 0.330. The van der Waals surface area contributed by atoms with Crippen LogP contribution in [0, 0.1) is 5.41 Å². The second-order valence-electron chi connectivity index (χ2n) is 5.54. The molecule has 0 aliphatic carbocycles. The van der Waals surface area contributed by atoms with Crippen LogP contribution in [0.4, 0.5) is 0 Å². The molecule has 3 N–H and O–H groups in total. The zero-order valence-corrected chi connectivity index (χ0v) is 11.1. The van der Waals surface area contributed by atoms with Crippen molar-refractivity contribution in [2.24, 2.45) is 16.3 Å². The zero-order chi connectivity index (χ0) is 12.9. The van der Waals surface area contributed by atoms with Gasteiger partial charge in [-0.25, -0.2) is 0 Å². The summed E-state index contributed by atoms with van der Waals surface area (Å²) in [5, 5.41) is 11.4. The van der Waals surface area contributed by atoms with E-state index in [4.69, 9.17) is 15.7 Å². The number of amidine groups is 1. The summed E-state index contributed by atoms with van der Waals surface area (Å²) in [5.41, 5.74) is 5.92. The second kappa shape index (κ2) is 6.21. The van der Waals surface area contributed by atoms with Gasteiger partial charge in [-0.05, 0) is 38.3 Å². The molecule has 1 aliphatic heterocycles. The number of nitrogens with two attached hydrogens (primary N) is 1. The number of rotatable bonds is 5. The van der Waals surface area contributed by atoms with Crippen LogP contribution in [0.3, 0.4) is 0 Å². The van der Waals surface area contributed by atoms with E-state index in [2.05, 4.69) is 23.9 Å². The molecule has 1 rings (SSSR count). The molecule has 0 aromatic rings. The molecule has 0 aromatic heterocycles. The Hall–Kier alpha value is -0.810. The van der Waals surface area contributed by atoms with Crippen molar-refractivity contribution >= 4 is 5.84 Å². The van der Waals surface area contributed by atoms with E-state index in [1.165, 1.54) is 12.8 Å². The van der Waals surface area contributed by atoms with Gasteiger partial charge >= 0.3 is 0 Å². The van der Waals surface area contributed by atoms with Crippen LogP contribution in [0.5, 0.6) is 0 Å². The van der Waals surface area contributed by atoms with Gasteiger partial charge in [-0.15, -0.1) is 0 Å². The average Bonchev–Trinajstić information content (AvgIpc) is 2.30. The first-order valence-corrected chi connectivity index (χ1v) is 6.26. The zero-order valence-electron chi connectivity index (χ0n) is 11.1. The lowest BCUT2D eigenvalue weighted by molar-refractivity contribution is 0.0598. The molecule has 0 aromatic carbocycles. The number of nitrogens with zero attached hydrogens (tertiary/aromatic N) is 2. The molecule has 0 spiro atoms. The minimum Gasteiger partial charge on any atom is -0.409 e. The molecule has 0 bridgehead atoms. The second-order valence-corrected chi connectivity index (χ2v) is 5.54. The van der Waals surface area contributed by atoms with E-state index in [1.54, 1.807) is 6.92 Å². The van der Waals surface area contributed by atoms with Crippen LogP contribution >= 0.6 is 0 Å². The minimum absolute atomic E-state index is 0.129. The van der Waals surface area contributed by atoms with Crippen LogP contribution < -0.4 is 5.73 Å². The van der Waals surface area contributed by atoms with Crippen LogP contribution in [-0.4, -0.2) is 48.3 Å². The molecule has 100 valence electrons. The molecule has 5 nitrogen and oxygen atoms in total. The van der Waals surface area contributed by atoms with Gasteiger partial charge in [0.05, 0.1) is 6.61 Å². The van der Waals surface area contributed by atoms with Gasteiger partial charge in [0.25, 0.3) is 0 Å². The summed E-state index contributed by atoms with van der Waals surface area (Å²) in [6, 6.07) is 0. The van der Waals surface area contributed by atoms with Crippen molar-refractivity contribution in [1.82, 2.24) is 4.90 Å². The van der Waals surface area contributed by atoms with Crippen molar-refractivity contribution in [2.45, 2.75) is 39.7 Å². The lowest BCUT2D eigenvalue weighted by atomic mass is 9.83. The van der Waals surface area contributed by atoms with Gasteiger partial charge in [-0.1, -0.05) is 19.0 Å². The third kappa shape index (κ3) is 4.91. The maximum absolute atomic E-state index is 8.48. The molecule has 1 fully saturated rings. The van der Waals surface area contributed by atoms with Crippen molar-refractivity contribution in [1.29, 1.82) is 0 Å². The SMILES string of the molecule is CC(OCCN1CCC(C)(C)CC1)C(N)=NO. The first-order chi connectivity index (χ1) is 7.94. The lowest BCUT2D eigenvalue weighted by Crippen LogP contribution is -2.40. The van der Waals surface area contributed by atoms with Gasteiger partial charge in [-0.2, -0.15) is 0 Å². The van der Waals surface area contributed by atoms with Gasteiger partial charge < -0.3 is 20.6 Å². The molecule has 1 heterocycles. The molecular weight excluding hydrogens is 218 g/mol. The summed E-state index contributed by atoms with van der Waals surface area (Å²) in [6.45, 7) is 10.2. The first-order valence-electron chi connectivity index (χ1n) is 6.26. The number of hydrogen-bond donors (Lipinski definition) is 2. The summed E-state index contributed by atoms with van der Waals surface area (Å²) in [6.07, 6.45) is 2.16. The third-order valence-electron chi connectivity index (χ3n) is 3.52. The Bertz CT molecular complexity index is 256. The Kier molecular flexibility index (Phi) is 5.21. The lowest BCUT2D eigenvalue weighted by Gasteiger charge is -2.36. The highest BCUT2D eigenvalue weighted by Crippen LogP contribution is 2.29. The van der Waals surface area contributed by atoms with Crippen LogP contribution in [0.2, 0.25) is 0 Å². The third-order valence-corrected chi connectivity index (χ3v) is 3.52. The molecule has 1 unspecified atom stereocenters. The molecular formula is C12H25N3O2. The van der Waals surface area contributed by atoms with Gasteiger partial charge in [0, 0.05) is 6.54 Å². The van der Waals surface area contributed by atoms with Gasteiger partial charge in [0.2, 0.25) is 0 Å². The fourth-order valence-electron chi connectivity index (χ4n) is 1.91. The summed E-state index contributed by atoms with van der Waals surface area (Å²) >= 11 is 0. The number of ether oxygens (including phenoxy) is 1. The Labute approximate surface area is 104 Å². The summed E-state index contributed by atoms with van der Waals surface area (Å²) in [4.78, 5) is 2.41. The molecule has 5 heteroatoms. The summed E-state index contributed by atoms with van der Waals surface area (Å²) in [5.74, 6) is 0.129. The minimum atomic E-state index is -0.318. The molecule has 1 atom stereocenters. The predicted molar refractivity (Wildman–Crippen MR) is 68.3 cm³/mol. The standard InChI is InChI=1S/C12H25N3O2/c1-10(11(13)14-16)17-9-8-15-6-4-12(2,3)5-7-15/h10,16H,4-9H2,1-3H3,(H2,13,14).